The van der Waals surface area contributed by atoms with E-state index in [1.807, 2.05) is 47.4 Å². The van der Waals surface area contributed by atoms with E-state index in [1.54, 1.807) is 50.1 Å². The van der Waals surface area contributed by atoms with Crippen molar-refractivity contribution in [2.45, 2.75) is 37.6 Å². The number of hydrogen-bond acceptors (Lipinski definition) is 8. The smallest absolute Gasteiger partial charge is 0.271 e. The van der Waals surface area contributed by atoms with Crippen LogP contribution in [0.2, 0.25) is 0 Å². The number of ether oxygens (including phenoxy) is 1. The summed E-state index contributed by atoms with van der Waals surface area (Å²) in [5, 5.41) is 10.8. The maximum Gasteiger partial charge on any atom is 0.271 e. The molecule has 49 heavy (non-hydrogen) atoms. The molecule has 2 fully saturated rings. The molecule has 2 N–H and O–H groups in total. The Hall–Kier alpha value is -5.78. The fourth-order valence-corrected chi connectivity index (χ4v) is 6.71. The zero-order valence-electron chi connectivity index (χ0n) is 27.6. The van der Waals surface area contributed by atoms with Crippen molar-refractivity contribution < 1.29 is 19.1 Å². The normalized spacial score (nSPS) is 16.0. The predicted octanol–water partition coefficient (Wildman–Crippen LogP) is 5.28. The Morgan fingerprint density at radius 2 is 1.82 bits per heavy atom. The van der Waals surface area contributed by atoms with Crippen LogP contribution in [-0.4, -0.2) is 74.9 Å². The predicted molar refractivity (Wildman–Crippen MR) is 184 cm³/mol. The highest BCUT2D eigenvalue weighted by Crippen LogP contribution is 2.53. The third kappa shape index (κ3) is 5.62. The van der Waals surface area contributed by atoms with Crippen LogP contribution in [0.1, 0.15) is 57.8 Å². The van der Waals surface area contributed by atoms with Crippen molar-refractivity contribution in [2.24, 2.45) is 5.92 Å². The highest BCUT2D eigenvalue weighted by molar-refractivity contribution is 5.99. The maximum absolute atomic E-state index is 13.9. The van der Waals surface area contributed by atoms with Crippen molar-refractivity contribution in [3.8, 4) is 16.9 Å². The molecule has 3 aromatic heterocycles. The first-order valence-electron chi connectivity index (χ1n) is 16.4. The summed E-state index contributed by atoms with van der Waals surface area (Å²) in [6.07, 6.45) is 5.44. The molecule has 2 aliphatic carbocycles. The Balaban J connectivity index is 1.09. The standard InChI is InChI=1S/C37H36N8O4/c1-43(2)36(48)29-9-4-6-24(39-29)20-44-21-37(15-16-37)27-18-23(12-13-26(27)35(44)47)25-7-5-8-28(33(25)49-3)40-32-19-30(42-34(46)22-10-11-22)41-31-14-17-38-45(31)32/h4-9,12-14,17-19,22,40H,10-11,15-16,20-21H2,1-3H3,(H,41,42,46). The highest BCUT2D eigenvalue weighted by atomic mass is 16.5. The Kier molecular flexibility index (Phi) is 7.31. The van der Waals surface area contributed by atoms with E-state index >= 15 is 0 Å². The SMILES string of the molecule is COc1c(Nc2cc(NC(=O)C3CC3)nc3ccnn23)cccc1-c1ccc2c(c1)C1(CC1)CN(Cc1cccc(C(=O)N(C)C)n1)C2=O. The first kappa shape index (κ1) is 30.5. The van der Waals surface area contributed by atoms with E-state index in [2.05, 4.69) is 31.8 Å². The van der Waals surface area contributed by atoms with Crippen molar-refractivity contribution >= 4 is 40.7 Å². The molecule has 8 rings (SSSR count). The Labute approximate surface area is 283 Å². The van der Waals surface area contributed by atoms with Crippen LogP contribution in [-0.2, 0) is 16.8 Å². The Morgan fingerprint density at radius 3 is 2.57 bits per heavy atom. The van der Waals surface area contributed by atoms with Gasteiger partial charge in [-0.15, -0.1) is 0 Å². The largest absolute Gasteiger partial charge is 0.494 e. The third-order valence-corrected chi connectivity index (χ3v) is 9.59. The van der Waals surface area contributed by atoms with Gasteiger partial charge >= 0.3 is 0 Å². The van der Waals surface area contributed by atoms with Gasteiger partial charge in [0.1, 0.15) is 23.1 Å². The average Bonchev–Trinajstić information content (AvgIpc) is 4.04. The summed E-state index contributed by atoms with van der Waals surface area (Å²) in [4.78, 5) is 51.3. The van der Waals surface area contributed by atoms with Crippen molar-refractivity contribution in [3.05, 3.63) is 95.4 Å². The number of methoxy groups -OCH3 is 1. The summed E-state index contributed by atoms with van der Waals surface area (Å²) < 4.78 is 7.68. The van der Waals surface area contributed by atoms with E-state index in [0.717, 1.165) is 42.4 Å². The first-order valence-corrected chi connectivity index (χ1v) is 16.4. The van der Waals surface area contributed by atoms with Crippen LogP contribution < -0.4 is 15.4 Å². The molecule has 2 aromatic carbocycles. The molecule has 1 aliphatic heterocycles. The summed E-state index contributed by atoms with van der Waals surface area (Å²) >= 11 is 0. The maximum atomic E-state index is 13.9. The summed E-state index contributed by atoms with van der Waals surface area (Å²) in [5.41, 5.74) is 5.81. The molecule has 0 bridgehead atoms. The second kappa shape index (κ2) is 11.7. The summed E-state index contributed by atoms with van der Waals surface area (Å²) in [6.45, 7) is 0.929. The first-order chi connectivity index (χ1) is 23.7. The van der Waals surface area contributed by atoms with Gasteiger partial charge in [-0.25, -0.2) is 9.97 Å². The highest BCUT2D eigenvalue weighted by Gasteiger charge is 2.51. The quantitative estimate of drug-likeness (QED) is 0.219. The lowest BCUT2D eigenvalue weighted by Gasteiger charge is -2.35. The van der Waals surface area contributed by atoms with Gasteiger partial charge in [0.2, 0.25) is 5.91 Å². The van der Waals surface area contributed by atoms with Gasteiger partial charge in [0.25, 0.3) is 11.8 Å². The number of aromatic nitrogens is 4. The zero-order valence-corrected chi connectivity index (χ0v) is 27.6. The lowest BCUT2D eigenvalue weighted by molar-refractivity contribution is -0.117. The second-order valence-electron chi connectivity index (χ2n) is 13.3. The number of carbonyl (C=O) groups is 3. The lowest BCUT2D eigenvalue weighted by atomic mass is 9.84. The van der Waals surface area contributed by atoms with Crippen molar-refractivity contribution in [1.29, 1.82) is 0 Å². The number of benzene rings is 2. The Morgan fingerprint density at radius 1 is 1.00 bits per heavy atom. The fraction of sp³-hybridized carbons (Fsp3) is 0.297. The monoisotopic (exact) mass is 656 g/mol. The van der Waals surface area contributed by atoms with Gasteiger partial charge in [0, 0.05) is 55.2 Å². The van der Waals surface area contributed by atoms with Crippen molar-refractivity contribution in [1.82, 2.24) is 29.4 Å². The number of hydrogen-bond donors (Lipinski definition) is 2. The Bertz CT molecular complexity index is 2150. The van der Waals surface area contributed by atoms with Gasteiger partial charge in [0.05, 0.1) is 31.2 Å². The third-order valence-electron chi connectivity index (χ3n) is 9.59. The van der Waals surface area contributed by atoms with Gasteiger partial charge in [-0.1, -0.05) is 24.3 Å². The minimum Gasteiger partial charge on any atom is -0.494 e. The molecular weight excluding hydrogens is 620 g/mol. The summed E-state index contributed by atoms with van der Waals surface area (Å²) in [7, 11) is 5.03. The lowest BCUT2D eigenvalue weighted by Crippen LogP contribution is -2.43. The van der Waals surface area contributed by atoms with Crippen molar-refractivity contribution in [3.63, 3.8) is 0 Å². The van der Waals surface area contributed by atoms with Crippen LogP contribution in [0, 0.1) is 5.92 Å². The molecule has 248 valence electrons. The number of nitrogens with zero attached hydrogens (tertiary/aromatic N) is 6. The number of para-hydroxylation sites is 1. The van der Waals surface area contributed by atoms with Gasteiger partial charge < -0.3 is 25.2 Å². The van der Waals surface area contributed by atoms with E-state index in [0.29, 0.717) is 58.8 Å². The van der Waals surface area contributed by atoms with Crippen LogP contribution in [0.25, 0.3) is 16.8 Å². The molecule has 1 spiro atoms. The molecule has 12 heteroatoms. The average molecular weight is 657 g/mol. The molecular formula is C37H36N8O4. The number of amides is 3. The van der Waals surface area contributed by atoms with E-state index < -0.39 is 0 Å². The number of pyridine rings is 1. The van der Waals surface area contributed by atoms with E-state index in [-0.39, 0.29) is 29.1 Å². The molecule has 2 saturated carbocycles. The summed E-state index contributed by atoms with van der Waals surface area (Å²) in [5.74, 6) is 1.53. The topological polar surface area (TPSA) is 134 Å². The minimum atomic E-state index is -0.171. The second-order valence-corrected chi connectivity index (χ2v) is 13.3. The van der Waals surface area contributed by atoms with E-state index in [4.69, 9.17) is 4.74 Å². The van der Waals surface area contributed by atoms with Gasteiger partial charge in [-0.2, -0.15) is 9.61 Å². The van der Waals surface area contributed by atoms with Crippen LogP contribution in [0.4, 0.5) is 17.3 Å². The fourth-order valence-electron chi connectivity index (χ4n) is 6.71. The van der Waals surface area contributed by atoms with Crippen LogP contribution in [0.5, 0.6) is 5.75 Å². The zero-order chi connectivity index (χ0) is 33.9. The molecule has 3 aliphatic rings. The van der Waals surface area contributed by atoms with Gasteiger partial charge in [-0.3, -0.25) is 14.4 Å². The van der Waals surface area contributed by atoms with E-state index in [1.165, 1.54) is 4.90 Å². The molecule has 3 amide bonds. The van der Waals surface area contributed by atoms with Crippen molar-refractivity contribution in [2.75, 3.05) is 38.4 Å². The molecule has 12 nitrogen and oxygen atoms in total. The van der Waals surface area contributed by atoms with Crippen LogP contribution >= 0.6 is 0 Å². The molecule has 4 heterocycles. The molecule has 0 unspecified atom stereocenters. The number of fused-ring (bicyclic) bond motifs is 3. The molecule has 0 radical (unpaired) electrons. The van der Waals surface area contributed by atoms with E-state index in [9.17, 15) is 14.4 Å². The molecule has 0 atom stereocenters. The van der Waals surface area contributed by atoms with Crippen LogP contribution in [0.15, 0.2) is 72.9 Å². The van der Waals surface area contributed by atoms with Gasteiger partial charge in [-0.05, 0) is 67.1 Å². The summed E-state index contributed by atoms with van der Waals surface area (Å²) in [6, 6.07) is 20.8. The molecule has 5 aromatic rings. The molecule has 0 saturated heterocycles. The van der Waals surface area contributed by atoms with Gasteiger partial charge in [0.15, 0.2) is 5.65 Å². The minimum absolute atomic E-state index is 0.0216. The number of anilines is 3. The number of rotatable bonds is 9. The number of nitrogens with one attached hydrogen (secondary N) is 2. The number of carbonyl (C=O) groups excluding carboxylic acids is 3. The van der Waals surface area contributed by atoms with Crippen LogP contribution in [0.3, 0.4) is 0 Å².